The molecule has 0 spiro atoms. The molecular weight excluding hydrogens is 352 g/mol. The number of pyridine rings is 1. The van der Waals surface area contributed by atoms with Crippen LogP contribution in [-0.2, 0) is 22.5 Å². The van der Waals surface area contributed by atoms with Gasteiger partial charge in [-0.2, -0.15) is 5.10 Å². The number of nitrogens with zero attached hydrogens (tertiary/aromatic N) is 3. The normalized spacial score (nSPS) is 14.8. The molecule has 2 heterocycles. The lowest BCUT2D eigenvalue weighted by atomic mass is 9.81. The molecular formula is C22H28N4O2. The quantitative estimate of drug-likeness (QED) is 0.643. The maximum absolute atomic E-state index is 12.5. The topological polar surface area (TPSA) is 83.0 Å². The fourth-order valence-corrected chi connectivity index (χ4v) is 4.00. The number of fused-ring (bicyclic) bond motifs is 3. The number of rotatable bonds is 8. The number of ketones is 1. The lowest BCUT2D eigenvalue weighted by Crippen LogP contribution is -2.23. The standard InChI is InChI=1S/C22H28N4O2/c1-22(2,13-18(27)14-8-9-14)12-17-19-15-6-4-5-7-16(15)24-21(23)20(19)25-26(17)10-11-28-3/h4-7,14H,8-13H2,1-3H3,(H2,23,24). The van der Waals surface area contributed by atoms with Gasteiger partial charge in [0.1, 0.15) is 11.3 Å². The van der Waals surface area contributed by atoms with Gasteiger partial charge in [-0.05, 0) is 30.7 Å². The lowest BCUT2D eigenvalue weighted by Gasteiger charge is -2.24. The molecule has 3 aromatic rings. The summed E-state index contributed by atoms with van der Waals surface area (Å²) in [5.41, 5.74) is 8.80. The van der Waals surface area contributed by atoms with E-state index in [1.54, 1.807) is 7.11 Å². The molecule has 0 aliphatic heterocycles. The van der Waals surface area contributed by atoms with Crippen molar-refractivity contribution in [3.63, 3.8) is 0 Å². The van der Waals surface area contributed by atoms with Crippen LogP contribution in [-0.4, -0.2) is 34.3 Å². The lowest BCUT2D eigenvalue weighted by molar-refractivity contribution is -0.122. The number of para-hydroxylation sites is 1. The summed E-state index contributed by atoms with van der Waals surface area (Å²) in [4.78, 5) is 17.0. The third-order valence-corrected chi connectivity index (χ3v) is 5.55. The van der Waals surface area contributed by atoms with Gasteiger partial charge in [0.05, 0.1) is 18.7 Å². The first-order valence-electron chi connectivity index (χ1n) is 9.95. The Kier molecular flexibility index (Phi) is 4.83. The SMILES string of the molecule is COCCn1nc2c(N)nc3ccccc3c2c1CC(C)(C)CC(=O)C1CC1. The minimum absolute atomic E-state index is 0.156. The molecule has 1 aliphatic rings. The summed E-state index contributed by atoms with van der Waals surface area (Å²) in [6, 6.07) is 8.02. The fraction of sp³-hybridized carbons (Fsp3) is 0.500. The predicted molar refractivity (Wildman–Crippen MR) is 111 cm³/mol. The van der Waals surface area contributed by atoms with Gasteiger partial charge < -0.3 is 10.5 Å². The molecule has 0 atom stereocenters. The van der Waals surface area contributed by atoms with Crippen LogP contribution in [0.15, 0.2) is 24.3 Å². The molecule has 0 unspecified atom stereocenters. The van der Waals surface area contributed by atoms with Gasteiger partial charge in [-0.3, -0.25) is 9.48 Å². The fourth-order valence-electron chi connectivity index (χ4n) is 4.00. The van der Waals surface area contributed by atoms with E-state index in [0.717, 1.165) is 46.8 Å². The Morgan fingerprint density at radius 1 is 1.32 bits per heavy atom. The van der Waals surface area contributed by atoms with Gasteiger partial charge in [-0.25, -0.2) is 4.98 Å². The van der Waals surface area contributed by atoms with Crippen molar-refractivity contribution in [3.8, 4) is 0 Å². The number of carbonyl (C=O) groups excluding carboxylic acids is 1. The van der Waals surface area contributed by atoms with Crippen molar-refractivity contribution in [2.75, 3.05) is 19.5 Å². The first-order valence-corrected chi connectivity index (χ1v) is 9.95. The Labute approximate surface area is 165 Å². The van der Waals surface area contributed by atoms with E-state index in [4.69, 9.17) is 15.6 Å². The number of hydrogen-bond donors (Lipinski definition) is 1. The van der Waals surface area contributed by atoms with E-state index < -0.39 is 0 Å². The summed E-state index contributed by atoms with van der Waals surface area (Å²) in [6.07, 6.45) is 3.44. The van der Waals surface area contributed by atoms with Crippen LogP contribution in [0.4, 0.5) is 5.82 Å². The molecule has 2 aromatic heterocycles. The van der Waals surface area contributed by atoms with Crippen molar-refractivity contribution in [2.24, 2.45) is 11.3 Å². The van der Waals surface area contributed by atoms with E-state index in [0.29, 0.717) is 31.2 Å². The van der Waals surface area contributed by atoms with Gasteiger partial charge >= 0.3 is 0 Å². The van der Waals surface area contributed by atoms with Crippen molar-refractivity contribution >= 4 is 33.4 Å². The van der Waals surface area contributed by atoms with Crippen molar-refractivity contribution in [2.45, 2.75) is 46.1 Å². The molecule has 1 aromatic carbocycles. The van der Waals surface area contributed by atoms with E-state index >= 15 is 0 Å². The zero-order valence-electron chi connectivity index (χ0n) is 16.9. The van der Waals surface area contributed by atoms with E-state index in [-0.39, 0.29) is 11.3 Å². The van der Waals surface area contributed by atoms with Gasteiger partial charge in [-0.15, -0.1) is 0 Å². The summed E-state index contributed by atoms with van der Waals surface area (Å²) in [6.45, 7) is 5.54. The first-order chi connectivity index (χ1) is 13.4. The van der Waals surface area contributed by atoms with E-state index in [9.17, 15) is 4.79 Å². The minimum atomic E-state index is -0.156. The largest absolute Gasteiger partial charge is 0.383 e. The maximum Gasteiger partial charge on any atom is 0.152 e. The number of hydrogen-bond acceptors (Lipinski definition) is 5. The Hall–Kier alpha value is -2.47. The van der Waals surface area contributed by atoms with Gasteiger partial charge in [-0.1, -0.05) is 32.0 Å². The highest BCUT2D eigenvalue weighted by atomic mass is 16.5. The molecule has 0 saturated heterocycles. The smallest absolute Gasteiger partial charge is 0.152 e. The highest BCUT2D eigenvalue weighted by molar-refractivity contribution is 6.09. The van der Waals surface area contributed by atoms with Crippen LogP contribution in [0.3, 0.4) is 0 Å². The number of ether oxygens (including phenoxy) is 1. The zero-order chi connectivity index (χ0) is 19.9. The van der Waals surface area contributed by atoms with Crippen molar-refractivity contribution < 1.29 is 9.53 Å². The minimum Gasteiger partial charge on any atom is -0.383 e. The van der Waals surface area contributed by atoms with Gasteiger partial charge in [0, 0.05) is 35.9 Å². The van der Waals surface area contributed by atoms with Crippen LogP contribution in [0.1, 0.15) is 38.8 Å². The van der Waals surface area contributed by atoms with Crippen molar-refractivity contribution in [1.29, 1.82) is 0 Å². The van der Waals surface area contributed by atoms with Crippen LogP contribution < -0.4 is 5.73 Å². The monoisotopic (exact) mass is 380 g/mol. The zero-order valence-corrected chi connectivity index (χ0v) is 16.9. The number of Topliss-reactive ketones (excluding diaryl/α,β-unsaturated/α-hetero) is 1. The van der Waals surface area contributed by atoms with Gasteiger partial charge in [0.25, 0.3) is 0 Å². The Morgan fingerprint density at radius 2 is 2.07 bits per heavy atom. The number of methoxy groups -OCH3 is 1. The van der Waals surface area contributed by atoms with Crippen molar-refractivity contribution in [1.82, 2.24) is 14.8 Å². The highest BCUT2D eigenvalue weighted by Gasteiger charge is 2.34. The van der Waals surface area contributed by atoms with Crippen LogP contribution >= 0.6 is 0 Å². The van der Waals surface area contributed by atoms with Crippen LogP contribution in [0.25, 0.3) is 21.8 Å². The molecule has 4 rings (SSSR count). The van der Waals surface area contributed by atoms with Crippen LogP contribution in [0, 0.1) is 11.3 Å². The number of anilines is 1. The Balaban J connectivity index is 1.82. The Bertz CT molecular complexity index is 1030. The average molecular weight is 380 g/mol. The predicted octanol–water partition coefficient (Wildman–Crippen LogP) is 3.75. The third-order valence-electron chi connectivity index (χ3n) is 5.55. The second-order valence-corrected chi connectivity index (χ2v) is 8.66. The number of aromatic nitrogens is 3. The molecule has 28 heavy (non-hydrogen) atoms. The van der Waals surface area contributed by atoms with Crippen LogP contribution in [0.5, 0.6) is 0 Å². The Morgan fingerprint density at radius 3 is 2.79 bits per heavy atom. The molecule has 0 radical (unpaired) electrons. The second-order valence-electron chi connectivity index (χ2n) is 8.66. The summed E-state index contributed by atoms with van der Waals surface area (Å²) in [7, 11) is 1.69. The van der Waals surface area contributed by atoms with E-state index in [2.05, 4.69) is 24.9 Å². The summed E-state index contributed by atoms with van der Waals surface area (Å²) < 4.78 is 7.28. The van der Waals surface area contributed by atoms with Gasteiger partial charge in [0.15, 0.2) is 5.82 Å². The van der Waals surface area contributed by atoms with E-state index in [1.165, 1.54) is 0 Å². The molecule has 1 fully saturated rings. The summed E-state index contributed by atoms with van der Waals surface area (Å²) >= 11 is 0. The molecule has 0 bridgehead atoms. The number of carbonyl (C=O) groups is 1. The highest BCUT2D eigenvalue weighted by Crippen LogP contribution is 2.38. The summed E-state index contributed by atoms with van der Waals surface area (Å²) in [5, 5.41) is 6.87. The molecule has 1 aliphatic carbocycles. The molecule has 1 saturated carbocycles. The molecule has 0 amide bonds. The van der Waals surface area contributed by atoms with Gasteiger partial charge in [0.2, 0.25) is 0 Å². The number of nitrogen functional groups attached to an aromatic ring is 1. The molecule has 2 N–H and O–H groups in total. The second kappa shape index (κ2) is 7.17. The summed E-state index contributed by atoms with van der Waals surface area (Å²) in [5.74, 6) is 1.12. The van der Waals surface area contributed by atoms with E-state index in [1.807, 2.05) is 22.9 Å². The first kappa shape index (κ1) is 18.9. The number of benzene rings is 1. The third kappa shape index (κ3) is 3.61. The van der Waals surface area contributed by atoms with Crippen LogP contribution in [0.2, 0.25) is 0 Å². The molecule has 6 heteroatoms. The van der Waals surface area contributed by atoms with Crippen molar-refractivity contribution in [3.05, 3.63) is 30.0 Å². The average Bonchev–Trinajstić information content (AvgIpc) is 3.43. The molecule has 6 nitrogen and oxygen atoms in total. The maximum atomic E-state index is 12.5. The number of nitrogens with two attached hydrogens (primary N) is 1. The molecule has 148 valence electrons.